The summed E-state index contributed by atoms with van der Waals surface area (Å²) in [6, 6.07) is 4.76. The Labute approximate surface area is 82.1 Å². The van der Waals surface area contributed by atoms with Gasteiger partial charge in [-0.25, -0.2) is 4.79 Å². The van der Waals surface area contributed by atoms with E-state index in [0.29, 0.717) is 11.3 Å². The van der Waals surface area contributed by atoms with Gasteiger partial charge in [-0.15, -0.1) is 0 Å². The van der Waals surface area contributed by atoms with Crippen LogP contribution in [0.25, 0.3) is 0 Å². The van der Waals surface area contributed by atoms with Crippen molar-refractivity contribution in [2.24, 2.45) is 0 Å². The van der Waals surface area contributed by atoms with Gasteiger partial charge in [0.1, 0.15) is 11.5 Å². The lowest BCUT2D eigenvalue weighted by atomic mass is 10.2. The van der Waals surface area contributed by atoms with Crippen LogP contribution in [0.2, 0.25) is 0 Å². The molecule has 0 aliphatic carbocycles. The fraction of sp³-hybridized carbons (Fsp3) is 0.300. The van der Waals surface area contributed by atoms with Gasteiger partial charge in [-0.05, 0) is 30.7 Å². The zero-order valence-corrected chi connectivity index (χ0v) is 8.11. The van der Waals surface area contributed by atoms with Crippen molar-refractivity contribution in [2.75, 3.05) is 13.7 Å². The first-order chi connectivity index (χ1) is 6.63. The van der Waals surface area contributed by atoms with E-state index in [9.17, 15) is 9.90 Å². The molecule has 0 radical (unpaired) electrons. The molecule has 14 heavy (non-hydrogen) atoms. The summed E-state index contributed by atoms with van der Waals surface area (Å²) in [4.78, 5) is 10.7. The Balaban J connectivity index is 2.60. The third kappa shape index (κ3) is 2.65. The minimum Gasteiger partial charge on any atom is -0.508 e. The number of rotatable bonds is 3. The number of aromatic hydroxyl groups is 1. The van der Waals surface area contributed by atoms with Crippen LogP contribution in [0.15, 0.2) is 18.2 Å². The van der Waals surface area contributed by atoms with E-state index in [4.69, 9.17) is 4.74 Å². The molecule has 0 fully saturated rings. The van der Waals surface area contributed by atoms with Crippen LogP contribution in [0.4, 0.5) is 0 Å². The van der Waals surface area contributed by atoms with Crippen LogP contribution in [-0.4, -0.2) is 24.8 Å². The monoisotopic (exact) mass is 196 g/mol. The summed E-state index contributed by atoms with van der Waals surface area (Å²) in [6.45, 7) is 1.63. The lowest BCUT2D eigenvalue weighted by molar-refractivity contribution is -0.142. The van der Waals surface area contributed by atoms with Crippen LogP contribution >= 0.6 is 0 Å². The molecule has 0 saturated heterocycles. The van der Waals surface area contributed by atoms with Crippen molar-refractivity contribution in [3.8, 4) is 11.5 Å². The topological polar surface area (TPSA) is 55.8 Å². The molecule has 1 rings (SSSR count). The highest BCUT2D eigenvalue weighted by Gasteiger charge is 2.03. The number of carbonyl (C=O) groups is 1. The number of methoxy groups -OCH3 is 1. The zero-order chi connectivity index (χ0) is 10.6. The Hall–Kier alpha value is -1.71. The SMILES string of the molecule is COC(=O)COc1ccc(O)c(C)c1. The van der Waals surface area contributed by atoms with Gasteiger partial charge in [0.15, 0.2) is 6.61 Å². The fourth-order valence-electron chi connectivity index (χ4n) is 0.919. The molecular formula is C10H12O4. The van der Waals surface area contributed by atoms with Gasteiger partial charge in [0.05, 0.1) is 7.11 Å². The van der Waals surface area contributed by atoms with Crippen molar-refractivity contribution in [2.45, 2.75) is 6.92 Å². The molecule has 4 nitrogen and oxygen atoms in total. The second kappa shape index (κ2) is 4.50. The van der Waals surface area contributed by atoms with Crippen LogP contribution in [-0.2, 0) is 9.53 Å². The van der Waals surface area contributed by atoms with Gasteiger partial charge in [-0.3, -0.25) is 0 Å². The van der Waals surface area contributed by atoms with Crippen LogP contribution in [0, 0.1) is 6.92 Å². The molecular weight excluding hydrogens is 184 g/mol. The first-order valence-electron chi connectivity index (χ1n) is 4.12. The van der Waals surface area contributed by atoms with Crippen LogP contribution < -0.4 is 4.74 Å². The van der Waals surface area contributed by atoms with Crippen molar-refractivity contribution in [1.82, 2.24) is 0 Å². The van der Waals surface area contributed by atoms with Crippen LogP contribution in [0.5, 0.6) is 11.5 Å². The predicted octanol–water partition coefficient (Wildman–Crippen LogP) is 1.25. The summed E-state index contributed by atoms with van der Waals surface area (Å²) in [5, 5.41) is 9.22. The first-order valence-corrected chi connectivity index (χ1v) is 4.12. The summed E-state index contributed by atoms with van der Waals surface area (Å²) in [5.41, 5.74) is 0.701. The normalized spacial score (nSPS) is 9.57. The number of esters is 1. The van der Waals surface area contributed by atoms with E-state index in [2.05, 4.69) is 4.74 Å². The largest absolute Gasteiger partial charge is 0.508 e. The van der Waals surface area contributed by atoms with E-state index in [-0.39, 0.29) is 12.4 Å². The summed E-state index contributed by atoms with van der Waals surface area (Å²) in [6.07, 6.45) is 0. The molecule has 0 aromatic heterocycles. The number of ether oxygens (including phenoxy) is 2. The summed E-state index contributed by atoms with van der Waals surface area (Å²) in [5.74, 6) is 0.303. The lowest BCUT2D eigenvalue weighted by Crippen LogP contribution is -2.12. The summed E-state index contributed by atoms with van der Waals surface area (Å²) in [7, 11) is 1.30. The summed E-state index contributed by atoms with van der Waals surface area (Å²) < 4.78 is 9.52. The average molecular weight is 196 g/mol. The third-order valence-corrected chi connectivity index (χ3v) is 1.75. The molecule has 0 aliphatic rings. The van der Waals surface area contributed by atoms with Gasteiger partial charge < -0.3 is 14.6 Å². The van der Waals surface area contributed by atoms with Crippen LogP contribution in [0.3, 0.4) is 0 Å². The number of aryl methyl sites for hydroxylation is 1. The van der Waals surface area contributed by atoms with Crippen molar-refractivity contribution < 1.29 is 19.4 Å². The highest BCUT2D eigenvalue weighted by molar-refractivity contribution is 5.70. The Morgan fingerprint density at radius 1 is 1.50 bits per heavy atom. The van der Waals surface area contributed by atoms with Gasteiger partial charge >= 0.3 is 5.97 Å². The molecule has 0 atom stereocenters. The standard InChI is InChI=1S/C10H12O4/c1-7-5-8(3-4-9(7)11)14-6-10(12)13-2/h3-5,11H,6H2,1-2H3. The number of phenols is 1. The van der Waals surface area contributed by atoms with Gasteiger partial charge in [0.25, 0.3) is 0 Å². The zero-order valence-electron chi connectivity index (χ0n) is 8.11. The second-order valence-corrected chi connectivity index (χ2v) is 2.81. The van der Waals surface area contributed by atoms with Crippen molar-refractivity contribution in [3.05, 3.63) is 23.8 Å². The maximum absolute atomic E-state index is 10.7. The van der Waals surface area contributed by atoms with Gasteiger partial charge in [-0.1, -0.05) is 0 Å². The molecule has 0 saturated carbocycles. The molecule has 0 amide bonds. The van der Waals surface area contributed by atoms with E-state index in [1.165, 1.54) is 13.2 Å². The highest BCUT2D eigenvalue weighted by atomic mass is 16.6. The number of phenolic OH excluding ortho intramolecular Hbond substituents is 1. The van der Waals surface area contributed by atoms with Crippen molar-refractivity contribution in [3.63, 3.8) is 0 Å². The molecule has 4 heteroatoms. The first kappa shape index (κ1) is 10.4. The van der Waals surface area contributed by atoms with Crippen LogP contribution in [0.1, 0.15) is 5.56 Å². The lowest BCUT2D eigenvalue weighted by Gasteiger charge is -2.06. The van der Waals surface area contributed by atoms with E-state index in [0.717, 1.165) is 0 Å². The number of hydrogen-bond acceptors (Lipinski definition) is 4. The summed E-state index contributed by atoms with van der Waals surface area (Å²) >= 11 is 0. The molecule has 1 aromatic carbocycles. The predicted molar refractivity (Wildman–Crippen MR) is 50.4 cm³/mol. The Bertz CT molecular complexity index is 333. The molecule has 0 bridgehead atoms. The minimum absolute atomic E-state index is 0.124. The highest BCUT2D eigenvalue weighted by Crippen LogP contribution is 2.21. The molecule has 0 heterocycles. The van der Waals surface area contributed by atoms with E-state index in [1.807, 2.05) is 0 Å². The smallest absolute Gasteiger partial charge is 0.343 e. The molecule has 76 valence electrons. The molecule has 1 N–H and O–H groups in total. The number of carbonyl (C=O) groups excluding carboxylic acids is 1. The average Bonchev–Trinajstić information content (AvgIpc) is 2.19. The van der Waals surface area contributed by atoms with Gasteiger partial charge in [-0.2, -0.15) is 0 Å². The Kier molecular flexibility index (Phi) is 3.34. The van der Waals surface area contributed by atoms with E-state index < -0.39 is 5.97 Å². The van der Waals surface area contributed by atoms with Gasteiger partial charge in [0.2, 0.25) is 0 Å². The van der Waals surface area contributed by atoms with Crippen molar-refractivity contribution in [1.29, 1.82) is 0 Å². The molecule has 0 spiro atoms. The van der Waals surface area contributed by atoms with Crippen molar-refractivity contribution >= 4 is 5.97 Å². The number of benzene rings is 1. The quantitative estimate of drug-likeness (QED) is 0.739. The Morgan fingerprint density at radius 2 is 2.21 bits per heavy atom. The Morgan fingerprint density at radius 3 is 2.79 bits per heavy atom. The minimum atomic E-state index is -0.435. The maximum Gasteiger partial charge on any atom is 0.343 e. The number of hydrogen-bond donors (Lipinski definition) is 1. The fourth-order valence-corrected chi connectivity index (χ4v) is 0.919. The molecule has 1 aromatic rings. The maximum atomic E-state index is 10.7. The molecule has 0 aliphatic heterocycles. The third-order valence-electron chi connectivity index (χ3n) is 1.75. The van der Waals surface area contributed by atoms with E-state index >= 15 is 0 Å². The van der Waals surface area contributed by atoms with E-state index in [1.54, 1.807) is 19.1 Å². The van der Waals surface area contributed by atoms with Gasteiger partial charge in [0, 0.05) is 0 Å². The molecule has 0 unspecified atom stereocenters. The second-order valence-electron chi connectivity index (χ2n) is 2.81.